The van der Waals surface area contributed by atoms with E-state index in [1.165, 1.54) is 119 Å². The van der Waals surface area contributed by atoms with Crippen molar-refractivity contribution < 1.29 is 0 Å². The highest BCUT2D eigenvalue weighted by Gasteiger charge is 2.52. The van der Waals surface area contributed by atoms with Crippen LogP contribution in [0, 0.1) is 57.2 Å². The Morgan fingerprint density at radius 3 is 0.926 bits per heavy atom. The first kappa shape index (κ1) is 86.0. The monoisotopic (exact) mass is 1610 g/mol. The number of anilines is 10. The highest BCUT2D eigenvalue weighted by molar-refractivity contribution is 7.00. The lowest BCUT2D eigenvalue weighted by atomic mass is 9.33. The Bertz CT molecular complexity index is 4880. The van der Waals surface area contributed by atoms with Crippen LogP contribution < -0.4 is 36.0 Å². The second-order valence-electron chi connectivity index (χ2n) is 46.6. The molecule has 634 valence electrons. The van der Waals surface area contributed by atoms with E-state index in [1.54, 1.807) is 33.4 Å². The maximum absolute atomic E-state index is 3.10. The number of hydrogen-bond acceptors (Lipinski definition) is 4. The molecule has 8 aromatic rings. The summed E-state index contributed by atoms with van der Waals surface area (Å²) in [4.78, 5) is 11.4. The molecule has 8 aliphatic rings. The van der Waals surface area contributed by atoms with Crippen molar-refractivity contribution in [3.8, 4) is 11.1 Å². The molecule has 0 aromatic heterocycles. The van der Waals surface area contributed by atoms with Crippen LogP contribution in [0.3, 0.4) is 0 Å². The van der Waals surface area contributed by atoms with Crippen LogP contribution in [0.1, 0.15) is 291 Å². The van der Waals surface area contributed by atoms with Crippen LogP contribution in [0.15, 0.2) is 246 Å². The second-order valence-corrected chi connectivity index (χ2v) is 46.6. The summed E-state index contributed by atoms with van der Waals surface area (Å²) >= 11 is 0. The topological polar surface area (TPSA) is 13.0 Å². The molecule has 4 nitrogen and oxygen atoms in total. The van der Waals surface area contributed by atoms with Crippen LogP contribution in [0.4, 0.5) is 56.9 Å². The van der Waals surface area contributed by atoms with Crippen molar-refractivity contribution in [1.29, 1.82) is 0 Å². The molecule has 0 spiro atoms. The minimum Gasteiger partial charge on any atom is -0.334 e. The average Bonchev–Trinajstić information content (AvgIpc) is 0.685. The van der Waals surface area contributed by atoms with Crippen LogP contribution >= 0.6 is 0 Å². The lowest BCUT2D eigenvalue weighted by Crippen LogP contribution is -2.65. The van der Waals surface area contributed by atoms with Gasteiger partial charge >= 0.3 is 0 Å². The molecule has 0 radical (unpaired) electrons. The molecule has 121 heavy (non-hydrogen) atoms. The predicted molar refractivity (Wildman–Crippen MR) is 527 cm³/mol. The van der Waals surface area contributed by atoms with Gasteiger partial charge in [-0.2, -0.15) is 0 Å². The second kappa shape index (κ2) is 32.5. The van der Waals surface area contributed by atoms with Crippen molar-refractivity contribution in [3.63, 3.8) is 0 Å². The van der Waals surface area contributed by atoms with E-state index in [2.05, 4.69) is 398 Å². The fourth-order valence-corrected chi connectivity index (χ4v) is 22.8. The first-order chi connectivity index (χ1) is 57.1. The summed E-state index contributed by atoms with van der Waals surface area (Å²) in [6.07, 6.45) is 34.9. The Balaban J connectivity index is 1.03. The van der Waals surface area contributed by atoms with Crippen molar-refractivity contribution in [2.45, 2.75) is 303 Å². The lowest BCUT2D eigenvalue weighted by molar-refractivity contribution is 0.215. The first-order valence-electron chi connectivity index (χ1n) is 47.3. The van der Waals surface area contributed by atoms with Gasteiger partial charge in [0.25, 0.3) is 6.71 Å². The van der Waals surface area contributed by atoms with Crippen molar-refractivity contribution in [2.24, 2.45) is 57.2 Å². The number of allylic oxidation sites excluding steroid dienone is 8. The molecule has 8 aromatic carbocycles. The highest BCUT2D eigenvalue weighted by Crippen LogP contribution is 2.57. The summed E-state index contributed by atoms with van der Waals surface area (Å²) in [6.45, 7) is 57.8. The Hall–Kier alpha value is -8.54. The molecule has 8 unspecified atom stereocenters. The molecule has 0 saturated heterocycles. The number of nitrogens with zero attached hydrogens (tertiary/aromatic N) is 4. The Labute approximate surface area is 733 Å². The zero-order valence-electron chi connectivity index (χ0n) is 79.0. The van der Waals surface area contributed by atoms with E-state index >= 15 is 0 Å². The van der Waals surface area contributed by atoms with Gasteiger partial charge in [0.05, 0.1) is 12.1 Å². The van der Waals surface area contributed by atoms with Gasteiger partial charge in [0.2, 0.25) is 0 Å². The molecule has 5 heteroatoms. The molecule has 2 heterocycles. The van der Waals surface area contributed by atoms with Gasteiger partial charge in [-0.15, -0.1) is 0 Å². The van der Waals surface area contributed by atoms with Crippen molar-refractivity contribution in [1.82, 2.24) is 0 Å². The number of fused-ring (bicyclic) bond motifs is 4. The van der Waals surface area contributed by atoms with E-state index in [4.69, 9.17) is 0 Å². The van der Waals surface area contributed by atoms with E-state index < -0.39 is 0 Å². The summed E-state index contributed by atoms with van der Waals surface area (Å²) in [6, 6.07) is 71.6. The predicted octanol–water partition coefficient (Wildman–Crippen LogP) is 31.4. The van der Waals surface area contributed by atoms with Gasteiger partial charge in [-0.05, 0) is 316 Å². The molecule has 0 N–H and O–H groups in total. The van der Waals surface area contributed by atoms with Crippen LogP contribution in [0.2, 0.25) is 0 Å². The van der Waals surface area contributed by atoms with Gasteiger partial charge in [-0.3, -0.25) is 0 Å². The molecular formula is C116H147BN4. The van der Waals surface area contributed by atoms with E-state index in [9.17, 15) is 0 Å². The molecule has 0 fully saturated rings. The van der Waals surface area contributed by atoms with Crippen molar-refractivity contribution in [2.75, 3.05) is 19.6 Å². The minimum absolute atomic E-state index is 0.0111. The van der Waals surface area contributed by atoms with Gasteiger partial charge in [0.15, 0.2) is 0 Å². The standard InChI is InChI=1S/C116H147BN4/c1-109(2,3)82-44-36-77(37-45-82)96-32-28-33-97(78-38-46-83(47-39-78)110(4,5)6)107(96)120-102-74-94(118(90-60-52-86(53-61-90)113(13,14)15)91-62-54-87(55-63-91)114(16,17)18)68-70-100(102)117-101-71-69-95(119(92-64-56-88(57-65-92)115(19,20)21)93-66-58-89(59-67-93)116(22,23)24)75-103(101)121(105-73-81(72-104(120)106(105)117)76-30-26-25-27-31-76)108-98(79-40-48-84(49-41-79)111(7,8)9)34-29-35-99(108)80-42-50-85(51-43-80)112(10,11)12/h25-27,30-32,34,38,42,44,48,52-75,77,79,83,85,97,99,107-108H,28-29,33,35-37,39-41,43,45-47,49-51H2,1-24H3. The maximum Gasteiger partial charge on any atom is 0.252 e. The van der Waals surface area contributed by atoms with Crippen LogP contribution in [-0.2, 0) is 21.7 Å². The van der Waals surface area contributed by atoms with Crippen LogP contribution in [0.5, 0.6) is 0 Å². The maximum atomic E-state index is 3.10. The van der Waals surface area contributed by atoms with Crippen LogP contribution in [0.25, 0.3) is 11.1 Å². The Kier molecular flexibility index (Phi) is 23.1. The zero-order valence-corrected chi connectivity index (χ0v) is 79.0. The number of rotatable bonds is 13. The largest absolute Gasteiger partial charge is 0.334 e. The molecule has 2 aliphatic heterocycles. The summed E-state index contributed by atoms with van der Waals surface area (Å²) in [5, 5.41) is 0. The van der Waals surface area contributed by atoms with Gasteiger partial charge in [0.1, 0.15) is 0 Å². The smallest absolute Gasteiger partial charge is 0.252 e. The molecule has 0 amide bonds. The van der Waals surface area contributed by atoms with Crippen molar-refractivity contribution in [3.05, 3.63) is 268 Å². The average molecular weight is 1610 g/mol. The normalized spacial score (nSPS) is 22.6. The van der Waals surface area contributed by atoms with Gasteiger partial charge in [-0.1, -0.05) is 316 Å². The molecular weight excluding hydrogens is 1460 g/mol. The van der Waals surface area contributed by atoms with E-state index in [1.807, 2.05) is 0 Å². The Morgan fingerprint density at radius 2 is 0.636 bits per heavy atom. The highest BCUT2D eigenvalue weighted by atomic mass is 15.2. The quantitative estimate of drug-likeness (QED) is 0.0842. The number of hydrogen-bond donors (Lipinski definition) is 0. The fraction of sp³-hybridized carbons (Fsp3) is 0.483. The summed E-state index contributed by atoms with van der Waals surface area (Å²) < 4.78 is 0. The third-order valence-corrected chi connectivity index (χ3v) is 30.4. The van der Waals surface area contributed by atoms with E-state index in [0.717, 1.165) is 89.9 Å². The SMILES string of the molecule is CC(C)(C)C1=CCC(C2=CCCC(C3=CCC(C(C)(C)C)CC3)C2N2c3cc(N(c4ccc(C(C)(C)C)cc4)c4ccc(C(C)(C)C)cc4)ccc3B3c4ccc(N(c5ccc(C(C)(C)C)cc5)c5ccc(C(C)(C)C)cc5)cc4N(C4C(C5CC=C(C(C)(C)C)CC5)=CCCC4C4=CCC(C(C)(C)C)CC4)c4cc(-c5ccccc5)cc2c43)CC1. The minimum atomic E-state index is -0.127. The molecule has 0 saturated carbocycles. The van der Waals surface area contributed by atoms with E-state index in [-0.39, 0.29) is 62.1 Å². The fourth-order valence-electron chi connectivity index (χ4n) is 22.8. The number of benzene rings is 8. The summed E-state index contributed by atoms with van der Waals surface area (Å²) in [5.41, 5.74) is 35.3. The molecule has 8 atom stereocenters. The lowest BCUT2D eigenvalue weighted by Gasteiger charge is -2.54. The van der Waals surface area contributed by atoms with Gasteiger partial charge in [-0.25, -0.2) is 0 Å². The van der Waals surface area contributed by atoms with Crippen LogP contribution in [-0.4, -0.2) is 18.8 Å². The molecule has 16 rings (SSSR count). The zero-order chi connectivity index (χ0) is 86.0. The Morgan fingerprint density at radius 1 is 0.298 bits per heavy atom. The van der Waals surface area contributed by atoms with Gasteiger partial charge < -0.3 is 19.6 Å². The van der Waals surface area contributed by atoms with Gasteiger partial charge in [0, 0.05) is 68.7 Å². The summed E-state index contributed by atoms with van der Waals surface area (Å²) in [5.74, 6) is 2.67. The molecule has 0 bridgehead atoms. The first-order valence-corrected chi connectivity index (χ1v) is 47.3. The molecule has 6 aliphatic carbocycles. The van der Waals surface area contributed by atoms with Crippen molar-refractivity contribution >= 4 is 80.0 Å². The van der Waals surface area contributed by atoms with E-state index in [0.29, 0.717) is 35.5 Å². The third-order valence-electron chi connectivity index (χ3n) is 30.4. The summed E-state index contributed by atoms with van der Waals surface area (Å²) in [7, 11) is 0. The third kappa shape index (κ3) is 17.3.